The van der Waals surface area contributed by atoms with Gasteiger partial charge in [-0.05, 0) is 17.7 Å². The smallest absolute Gasteiger partial charge is 0.206 e. The molecule has 0 saturated carbocycles. The van der Waals surface area contributed by atoms with Crippen molar-refractivity contribution in [1.29, 1.82) is 0 Å². The van der Waals surface area contributed by atoms with Crippen LogP contribution in [-0.4, -0.2) is 22.2 Å². The molecule has 3 rings (SSSR count). The third kappa shape index (κ3) is 2.39. The number of aromatic nitrogens is 2. The summed E-state index contributed by atoms with van der Waals surface area (Å²) < 4.78 is 6.83. The minimum Gasteiger partial charge on any atom is -0.368 e. The number of hydrogen-bond donors (Lipinski definition) is 0. The Labute approximate surface area is 119 Å². The highest BCUT2D eigenvalue weighted by atomic mass is 35.5. The van der Waals surface area contributed by atoms with E-state index in [0.29, 0.717) is 28.9 Å². The third-order valence-electron chi connectivity index (χ3n) is 3.01. The highest BCUT2D eigenvalue weighted by molar-refractivity contribution is 6.35. The average Bonchev–Trinajstić information content (AvgIpc) is 2.77. The Morgan fingerprint density at radius 3 is 2.95 bits per heavy atom. The summed E-state index contributed by atoms with van der Waals surface area (Å²) in [6.07, 6.45) is 1.66. The minimum atomic E-state index is -0.0520. The van der Waals surface area contributed by atoms with Gasteiger partial charge in [-0.25, -0.2) is 0 Å². The molecule has 19 heavy (non-hydrogen) atoms. The zero-order valence-electron chi connectivity index (χ0n) is 9.90. The lowest BCUT2D eigenvalue weighted by atomic mass is 10.1. The molecule has 0 aliphatic carbocycles. The minimum absolute atomic E-state index is 0.0520. The molecule has 0 bridgehead atoms. The van der Waals surface area contributed by atoms with Crippen molar-refractivity contribution < 1.29 is 9.53 Å². The van der Waals surface area contributed by atoms with Crippen LogP contribution in [0.3, 0.4) is 0 Å². The molecule has 0 unspecified atom stereocenters. The quantitative estimate of drug-likeness (QED) is 0.856. The average molecular weight is 297 g/mol. The number of ether oxygens (including phenoxy) is 1. The van der Waals surface area contributed by atoms with E-state index >= 15 is 0 Å². The fourth-order valence-electron chi connectivity index (χ4n) is 2.11. The first-order valence-electron chi connectivity index (χ1n) is 5.74. The van der Waals surface area contributed by atoms with Gasteiger partial charge >= 0.3 is 0 Å². The van der Waals surface area contributed by atoms with Crippen molar-refractivity contribution in [2.75, 3.05) is 6.61 Å². The van der Waals surface area contributed by atoms with Crippen LogP contribution in [0.15, 0.2) is 24.4 Å². The summed E-state index contributed by atoms with van der Waals surface area (Å²) in [5.74, 6) is -0.0520. The lowest BCUT2D eigenvalue weighted by molar-refractivity contribution is 0.0654. The van der Waals surface area contributed by atoms with E-state index in [-0.39, 0.29) is 12.4 Å². The first kappa shape index (κ1) is 12.7. The number of Topliss-reactive ketones (excluding diaryl/α,β-unsaturated/α-hetero) is 1. The molecular weight excluding hydrogens is 287 g/mol. The van der Waals surface area contributed by atoms with Crippen molar-refractivity contribution in [3.63, 3.8) is 0 Å². The van der Waals surface area contributed by atoms with Gasteiger partial charge in [-0.2, -0.15) is 5.10 Å². The Morgan fingerprint density at radius 2 is 2.16 bits per heavy atom. The van der Waals surface area contributed by atoms with Gasteiger partial charge in [0.1, 0.15) is 12.3 Å². The van der Waals surface area contributed by atoms with Crippen molar-refractivity contribution >= 4 is 29.0 Å². The summed E-state index contributed by atoms with van der Waals surface area (Å²) in [4.78, 5) is 11.9. The zero-order valence-corrected chi connectivity index (χ0v) is 11.4. The van der Waals surface area contributed by atoms with Crippen LogP contribution in [0.25, 0.3) is 0 Å². The first-order valence-corrected chi connectivity index (χ1v) is 6.50. The number of benzene rings is 1. The third-order valence-corrected chi connectivity index (χ3v) is 3.59. The Hall–Kier alpha value is -1.36. The molecule has 0 spiro atoms. The molecule has 4 nitrogen and oxygen atoms in total. The summed E-state index contributed by atoms with van der Waals surface area (Å²) in [6.45, 7) is 0.972. The maximum absolute atomic E-state index is 11.9. The topological polar surface area (TPSA) is 44.1 Å². The fraction of sp³-hybridized carbons (Fsp3) is 0.231. The van der Waals surface area contributed by atoms with Crippen LogP contribution in [0.4, 0.5) is 0 Å². The molecule has 2 aromatic rings. The number of carbonyl (C=O) groups is 1. The van der Waals surface area contributed by atoms with E-state index in [9.17, 15) is 4.79 Å². The van der Waals surface area contributed by atoms with Crippen LogP contribution >= 0.6 is 23.2 Å². The van der Waals surface area contributed by atoms with Crippen molar-refractivity contribution in [2.45, 2.75) is 13.2 Å². The molecule has 1 aliphatic heterocycles. The number of fused-ring (bicyclic) bond motifs is 1. The molecule has 1 aromatic carbocycles. The van der Waals surface area contributed by atoms with Crippen LogP contribution in [0.2, 0.25) is 10.0 Å². The predicted molar refractivity (Wildman–Crippen MR) is 71.8 cm³/mol. The normalized spacial score (nSPS) is 14.5. The van der Waals surface area contributed by atoms with Crippen LogP contribution in [-0.2, 0) is 17.9 Å². The van der Waals surface area contributed by atoms with Gasteiger partial charge < -0.3 is 4.74 Å². The summed E-state index contributed by atoms with van der Waals surface area (Å²) in [7, 11) is 0. The van der Waals surface area contributed by atoms with Gasteiger partial charge in [0.25, 0.3) is 0 Å². The number of carbonyl (C=O) groups excluding carboxylic acids is 1. The fourth-order valence-corrected chi connectivity index (χ4v) is 2.57. The van der Waals surface area contributed by atoms with E-state index in [2.05, 4.69) is 5.10 Å². The number of halogens is 2. The number of nitrogens with zero attached hydrogens (tertiary/aromatic N) is 2. The molecule has 1 aromatic heterocycles. The lowest BCUT2D eigenvalue weighted by Gasteiger charge is -2.14. The molecule has 98 valence electrons. The summed E-state index contributed by atoms with van der Waals surface area (Å²) in [6, 6.07) is 5.28. The maximum atomic E-state index is 11.9. The van der Waals surface area contributed by atoms with Gasteiger partial charge in [-0.15, -0.1) is 0 Å². The highest BCUT2D eigenvalue weighted by Gasteiger charge is 2.23. The molecule has 0 fully saturated rings. The molecule has 0 atom stereocenters. The van der Waals surface area contributed by atoms with Crippen molar-refractivity contribution in [3.8, 4) is 0 Å². The molecule has 2 heterocycles. The second-order valence-electron chi connectivity index (χ2n) is 4.33. The van der Waals surface area contributed by atoms with Crippen molar-refractivity contribution in [2.24, 2.45) is 0 Å². The lowest BCUT2D eigenvalue weighted by Crippen LogP contribution is -2.21. The maximum Gasteiger partial charge on any atom is 0.206 e. The van der Waals surface area contributed by atoms with Crippen LogP contribution in [0.5, 0.6) is 0 Å². The van der Waals surface area contributed by atoms with E-state index in [1.807, 2.05) is 6.07 Å². The standard InChI is InChI=1S/C13H10Cl2N2O2/c14-10-2-1-8(11(15)3-10)5-17-13-9(4-16-17)6-19-7-12(13)18/h1-4H,5-7H2. The van der Waals surface area contributed by atoms with Crippen molar-refractivity contribution in [3.05, 3.63) is 51.3 Å². The summed E-state index contributed by atoms with van der Waals surface area (Å²) >= 11 is 12.0. The molecule has 0 radical (unpaired) electrons. The zero-order chi connectivity index (χ0) is 13.4. The van der Waals surface area contributed by atoms with Gasteiger partial charge in [-0.1, -0.05) is 29.3 Å². The molecular formula is C13H10Cl2N2O2. The Morgan fingerprint density at radius 1 is 1.32 bits per heavy atom. The van der Waals surface area contributed by atoms with E-state index in [0.717, 1.165) is 11.1 Å². The van der Waals surface area contributed by atoms with E-state index in [4.69, 9.17) is 27.9 Å². The molecule has 0 amide bonds. The first-order chi connectivity index (χ1) is 9.15. The summed E-state index contributed by atoms with van der Waals surface area (Å²) in [5.41, 5.74) is 2.30. The van der Waals surface area contributed by atoms with Gasteiger partial charge in [-0.3, -0.25) is 9.48 Å². The second kappa shape index (κ2) is 4.96. The predicted octanol–water partition coefficient (Wildman–Crippen LogP) is 2.95. The SMILES string of the molecule is O=C1COCc2cnn(Cc3ccc(Cl)cc3Cl)c21. The Balaban J connectivity index is 1.96. The van der Waals surface area contributed by atoms with E-state index in [1.165, 1.54) is 0 Å². The van der Waals surface area contributed by atoms with Gasteiger partial charge in [0.15, 0.2) is 0 Å². The highest BCUT2D eigenvalue weighted by Crippen LogP contribution is 2.23. The largest absolute Gasteiger partial charge is 0.368 e. The van der Waals surface area contributed by atoms with E-state index in [1.54, 1.807) is 23.0 Å². The van der Waals surface area contributed by atoms with Gasteiger partial charge in [0, 0.05) is 15.6 Å². The Kier molecular flexibility index (Phi) is 3.31. The monoisotopic (exact) mass is 296 g/mol. The molecule has 0 saturated heterocycles. The number of hydrogen-bond acceptors (Lipinski definition) is 3. The van der Waals surface area contributed by atoms with Gasteiger partial charge in [0.2, 0.25) is 5.78 Å². The van der Waals surface area contributed by atoms with Crippen molar-refractivity contribution in [1.82, 2.24) is 9.78 Å². The Bertz CT molecular complexity index is 652. The van der Waals surface area contributed by atoms with Crippen LogP contribution in [0.1, 0.15) is 21.6 Å². The number of ketones is 1. The number of rotatable bonds is 2. The van der Waals surface area contributed by atoms with E-state index < -0.39 is 0 Å². The molecule has 1 aliphatic rings. The molecule has 6 heteroatoms. The molecule has 0 N–H and O–H groups in total. The van der Waals surface area contributed by atoms with Gasteiger partial charge in [0.05, 0.1) is 19.3 Å². The summed E-state index contributed by atoms with van der Waals surface area (Å²) in [5, 5.41) is 5.38. The van der Waals surface area contributed by atoms with Crippen LogP contribution < -0.4 is 0 Å². The van der Waals surface area contributed by atoms with Crippen LogP contribution in [0, 0.1) is 0 Å². The second-order valence-corrected chi connectivity index (χ2v) is 5.17.